The molecule has 0 atom stereocenters. The fourth-order valence-electron chi connectivity index (χ4n) is 2.46. The van der Waals surface area contributed by atoms with Gasteiger partial charge < -0.3 is 11.1 Å². The van der Waals surface area contributed by atoms with Crippen LogP contribution < -0.4 is 11.1 Å². The lowest BCUT2D eigenvalue weighted by Crippen LogP contribution is -2.16. The second-order valence-corrected chi connectivity index (χ2v) is 5.18. The molecule has 4 nitrogen and oxygen atoms in total. The van der Waals surface area contributed by atoms with Gasteiger partial charge in [0.2, 0.25) is 0 Å². The van der Waals surface area contributed by atoms with Crippen LogP contribution in [0.2, 0.25) is 0 Å². The first-order valence-corrected chi connectivity index (χ1v) is 6.57. The third-order valence-electron chi connectivity index (χ3n) is 3.68. The maximum atomic E-state index is 5.48. The smallest absolute Gasteiger partial charge is 0.148 e. The molecule has 0 bridgehead atoms. The molecule has 1 aliphatic carbocycles. The number of hydrogen-bond acceptors (Lipinski definition) is 4. The maximum absolute atomic E-state index is 5.48. The molecular weight excluding hydrogens is 212 g/mol. The highest BCUT2D eigenvalue weighted by atomic mass is 15.2. The summed E-state index contributed by atoms with van der Waals surface area (Å²) in [6, 6.07) is 3.66. The van der Waals surface area contributed by atoms with Crippen molar-refractivity contribution >= 4 is 11.6 Å². The standard InChI is InChI=1S/C13H22N4/c1-10-2-4-11(5-3-10)8-9-15-13-7-6-12(14)16-17-13/h6-7,10-11H,2-5,8-9H2,1H3,(H2,14,16)(H,15,17). The first kappa shape index (κ1) is 12.1. The lowest BCUT2D eigenvalue weighted by molar-refractivity contribution is 0.282. The second kappa shape index (κ2) is 5.84. The van der Waals surface area contributed by atoms with Crippen molar-refractivity contribution in [3.8, 4) is 0 Å². The van der Waals surface area contributed by atoms with E-state index in [1.54, 1.807) is 6.07 Å². The van der Waals surface area contributed by atoms with Crippen LogP contribution in [0.4, 0.5) is 11.6 Å². The van der Waals surface area contributed by atoms with Crippen molar-refractivity contribution in [2.75, 3.05) is 17.6 Å². The summed E-state index contributed by atoms with van der Waals surface area (Å²) in [7, 11) is 0. The number of nitrogen functional groups attached to an aromatic ring is 1. The first-order valence-electron chi connectivity index (χ1n) is 6.57. The van der Waals surface area contributed by atoms with Crippen molar-refractivity contribution in [2.24, 2.45) is 11.8 Å². The molecule has 3 N–H and O–H groups in total. The van der Waals surface area contributed by atoms with Gasteiger partial charge in [-0.3, -0.25) is 0 Å². The first-order chi connectivity index (χ1) is 8.24. The number of rotatable bonds is 4. The molecule has 0 amide bonds. The zero-order valence-electron chi connectivity index (χ0n) is 10.5. The van der Waals surface area contributed by atoms with E-state index in [4.69, 9.17) is 5.73 Å². The Morgan fingerprint density at radius 2 is 2.00 bits per heavy atom. The Labute approximate surface area is 103 Å². The highest BCUT2D eigenvalue weighted by molar-refractivity contribution is 5.38. The van der Waals surface area contributed by atoms with Gasteiger partial charge >= 0.3 is 0 Å². The summed E-state index contributed by atoms with van der Waals surface area (Å²) in [6.45, 7) is 3.34. The van der Waals surface area contributed by atoms with Crippen LogP contribution in [0.5, 0.6) is 0 Å². The van der Waals surface area contributed by atoms with Crippen molar-refractivity contribution in [1.29, 1.82) is 0 Å². The Hall–Kier alpha value is -1.32. The van der Waals surface area contributed by atoms with E-state index in [1.807, 2.05) is 6.07 Å². The predicted octanol–water partition coefficient (Wildman–Crippen LogP) is 2.69. The lowest BCUT2D eigenvalue weighted by Gasteiger charge is -2.26. The minimum Gasteiger partial charge on any atom is -0.382 e. The zero-order chi connectivity index (χ0) is 12.1. The van der Waals surface area contributed by atoms with E-state index in [9.17, 15) is 0 Å². The normalized spacial score (nSPS) is 24.5. The van der Waals surface area contributed by atoms with Gasteiger partial charge in [-0.15, -0.1) is 10.2 Å². The van der Waals surface area contributed by atoms with Gasteiger partial charge in [-0.2, -0.15) is 0 Å². The number of anilines is 2. The van der Waals surface area contributed by atoms with Crippen LogP contribution in [-0.2, 0) is 0 Å². The van der Waals surface area contributed by atoms with Gasteiger partial charge in [0.1, 0.15) is 11.6 Å². The molecule has 1 fully saturated rings. The summed E-state index contributed by atoms with van der Waals surface area (Å²) >= 11 is 0. The lowest BCUT2D eigenvalue weighted by atomic mass is 9.81. The molecule has 1 saturated carbocycles. The molecule has 1 heterocycles. The Kier molecular flexibility index (Phi) is 4.18. The highest BCUT2D eigenvalue weighted by Gasteiger charge is 2.17. The van der Waals surface area contributed by atoms with Crippen molar-refractivity contribution in [2.45, 2.75) is 39.0 Å². The number of nitrogens with two attached hydrogens (primary N) is 1. The summed E-state index contributed by atoms with van der Waals surface area (Å²) in [5.74, 6) is 3.11. The van der Waals surface area contributed by atoms with Crippen LogP contribution in [0.1, 0.15) is 39.0 Å². The average molecular weight is 234 g/mol. The van der Waals surface area contributed by atoms with Gasteiger partial charge in [0, 0.05) is 6.54 Å². The van der Waals surface area contributed by atoms with E-state index in [1.165, 1.54) is 32.1 Å². The molecule has 4 heteroatoms. The van der Waals surface area contributed by atoms with E-state index >= 15 is 0 Å². The quantitative estimate of drug-likeness (QED) is 0.840. The molecule has 1 aromatic rings. The zero-order valence-corrected chi connectivity index (χ0v) is 10.5. The predicted molar refractivity (Wildman–Crippen MR) is 70.7 cm³/mol. The van der Waals surface area contributed by atoms with Gasteiger partial charge in [-0.05, 0) is 30.4 Å². The molecule has 0 radical (unpaired) electrons. The molecule has 0 aliphatic heterocycles. The Morgan fingerprint density at radius 1 is 1.24 bits per heavy atom. The molecule has 94 valence electrons. The van der Waals surface area contributed by atoms with Crippen molar-refractivity contribution in [3.05, 3.63) is 12.1 Å². The monoisotopic (exact) mass is 234 g/mol. The molecular formula is C13H22N4. The van der Waals surface area contributed by atoms with E-state index in [2.05, 4.69) is 22.4 Å². The fraction of sp³-hybridized carbons (Fsp3) is 0.692. The number of nitrogens with zero attached hydrogens (tertiary/aromatic N) is 2. The third kappa shape index (κ3) is 3.88. The Morgan fingerprint density at radius 3 is 2.65 bits per heavy atom. The minimum absolute atomic E-state index is 0.469. The van der Waals surface area contributed by atoms with Gasteiger partial charge in [-0.1, -0.05) is 32.6 Å². The van der Waals surface area contributed by atoms with E-state index in [0.29, 0.717) is 5.82 Å². The molecule has 17 heavy (non-hydrogen) atoms. The third-order valence-corrected chi connectivity index (χ3v) is 3.68. The van der Waals surface area contributed by atoms with Crippen LogP contribution in [-0.4, -0.2) is 16.7 Å². The van der Waals surface area contributed by atoms with Crippen LogP contribution in [0.25, 0.3) is 0 Å². The van der Waals surface area contributed by atoms with Crippen LogP contribution >= 0.6 is 0 Å². The van der Waals surface area contributed by atoms with Crippen molar-refractivity contribution in [1.82, 2.24) is 10.2 Å². The summed E-state index contributed by atoms with van der Waals surface area (Å²) in [4.78, 5) is 0. The molecule has 0 aromatic carbocycles. The van der Waals surface area contributed by atoms with Gasteiger partial charge in [-0.25, -0.2) is 0 Å². The Bertz CT molecular complexity index is 328. The van der Waals surface area contributed by atoms with Crippen molar-refractivity contribution < 1.29 is 0 Å². The van der Waals surface area contributed by atoms with Crippen molar-refractivity contribution in [3.63, 3.8) is 0 Å². The van der Waals surface area contributed by atoms with E-state index in [-0.39, 0.29) is 0 Å². The maximum Gasteiger partial charge on any atom is 0.148 e. The van der Waals surface area contributed by atoms with Crippen LogP contribution in [0.3, 0.4) is 0 Å². The Balaban J connectivity index is 1.67. The summed E-state index contributed by atoms with van der Waals surface area (Å²) in [5, 5.41) is 11.1. The molecule has 1 aromatic heterocycles. The summed E-state index contributed by atoms with van der Waals surface area (Å²) in [5.41, 5.74) is 5.48. The fourth-order valence-corrected chi connectivity index (χ4v) is 2.46. The minimum atomic E-state index is 0.469. The van der Waals surface area contributed by atoms with Gasteiger partial charge in [0.15, 0.2) is 0 Å². The largest absolute Gasteiger partial charge is 0.382 e. The van der Waals surface area contributed by atoms with E-state index < -0.39 is 0 Å². The number of hydrogen-bond donors (Lipinski definition) is 2. The van der Waals surface area contributed by atoms with Gasteiger partial charge in [0.25, 0.3) is 0 Å². The van der Waals surface area contributed by atoms with Crippen LogP contribution in [0, 0.1) is 11.8 Å². The second-order valence-electron chi connectivity index (χ2n) is 5.18. The van der Waals surface area contributed by atoms with Crippen LogP contribution in [0.15, 0.2) is 12.1 Å². The molecule has 1 aliphatic rings. The summed E-state index contributed by atoms with van der Waals surface area (Å²) < 4.78 is 0. The van der Waals surface area contributed by atoms with E-state index in [0.717, 1.165) is 24.2 Å². The topological polar surface area (TPSA) is 63.8 Å². The summed E-state index contributed by atoms with van der Waals surface area (Å²) in [6.07, 6.45) is 6.80. The molecule has 0 saturated heterocycles. The highest BCUT2D eigenvalue weighted by Crippen LogP contribution is 2.30. The SMILES string of the molecule is CC1CCC(CCNc2ccc(N)nn2)CC1. The average Bonchev–Trinajstić information content (AvgIpc) is 2.34. The molecule has 0 unspecified atom stereocenters. The molecule has 2 rings (SSSR count). The number of nitrogens with one attached hydrogen (secondary N) is 1. The molecule has 0 spiro atoms. The van der Waals surface area contributed by atoms with Gasteiger partial charge in [0.05, 0.1) is 0 Å². The number of aromatic nitrogens is 2.